The molecule has 1 aromatic carbocycles. The van der Waals surface area contributed by atoms with Gasteiger partial charge in [0.15, 0.2) is 0 Å². The van der Waals surface area contributed by atoms with Crippen molar-refractivity contribution in [2.45, 2.75) is 33.2 Å². The highest BCUT2D eigenvalue weighted by Crippen LogP contribution is 2.59. The molecule has 0 unspecified atom stereocenters. The topological polar surface area (TPSA) is 0 Å². The highest BCUT2D eigenvalue weighted by molar-refractivity contribution is 14.1. The number of hydrogen-bond donors (Lipinski definition) is 0. The monoisotopic (exact) mass is 396 g/mol. The number of allylic oxidation sites excluding steroid dienone is 1. The van der Waals surface area contributed by atoms with Crippen LogP contribution < -0.4 is 0 Å². The number of likely N-dealkylation sites (N-methyl/N-ethyl adjacent to an activating group) is 1. The molecule has 1 fully saturated rings. The lowest BCUT2D eigenvalue weighted by molar-refractivity contribution is -0.899. The fourth-order valence-corrected chi connectivity index (χ4v) is 4.65. The van der Waals surface area contributed by atoms with Crippen LogP contribution in [0.25, 0.3) is 0 Å². The smallest absolute Gasteiger partial charge is 0.104 e. The van der Waals surface area contributed by atoms with Gasteiger partial charge in [0.2, 0.25) is 0 Å². The number of benzene rings is 1. The van der Waals surface area contributed by atoms with Crippen LogP contribution in [0.1, 0.15) is 32.3 Å². The molecular formula is C19H27IN+. The Bertz CT molecular complexity index is 553. The quantitative estimate of drug-likeness (QED) is 0.387. The Labute approximate surface area is 143 Å². The van der Waals surface area contributed by atoms with Crippen molar-refractivity contribution in [3.05, 3.63) is 45.0 Å². The first kappa shape index (κ1) is 15.5. The van der Waals surface area contributed by atoms with Crippen LogP contribution in [-0.2, 0) is 6.54 Å². The van der Waals surface area contributed by atoms with Crippen molar-refractivity contribution in [2.75, 3.05) is 20.6 Å². The molecule has 3 aliphatic rings. The first-order valence-electron chi connectivity index (χ1n) is 8.03. The highest BCUT2D eigenvalue weighted by atomic mass is 127. The summed E-state index contributed by atoms with van der Waals surface area (Å²) in [5.74, 6) is 1.78. The molecule has 114 valence electrons. The molecule has 0 saturated heterocycles. The number of quaternary nitrogens is 1. The summed E-state index contributed by atoms with van der Waals surface area (Å²) < 4.78 is 2.38. The minimum atomic E-state index is 0.549. The Morgan fingerprint density at radius 1 is 1.14 bits per heavy atom. The van der Waals surface area contributed by atoms with Gasteiger partial charge in [-0.25, -0.2) is 0 Å². The molecular weight excluding hydrogens is 369 g/mol. The van der Waals surface area contributed by atoms with E-state index < -0.39 is 0 Å². The SMILES string of the molecule is CC1(C)[C@H]2CC=C(C[N+](C)(C)Cc3ccc(I)cc3)[C@@H]1C2. The van der Waals surface area contributed by atoms with Crippen LogP contribution in [-0.4, -0.2) is 25.1 Å². The Morgan fingerprint density at radius 2 is 1.81 bits per heavy atom. The Hall–Kier alpha value is -0.350. The third-order valence-corrected chi connectivity index (χ3v) is 6.44. The van der Waals surface area contributed by atoms with Crippen molar-refractivity contribution >= 4 is 22.6 Å². The van der Waals surface area contributed by atoms with E-state index >= 15 is 0 Å². The number of hydrogen-bond acceptors (Lipinski definition) is 0. The zero-order valence-corrected chi connectivity index (χ0v) is 15.9. The molecule has 2 bridgehead atoms. The van der Waals surface area contributed by atoms with E-state index in [1.54, 1.807) is 5.57 Å². The molecule has 0 heterocycles. The summed E-state index contributed by atoms with van der Waals surface area (Å²) in [7, 11) is 4.74. The molecule has 0 N–H and O–H groups in total. The molecule has 1 nitrogen and oxygen atoms in total. The van der Waals surface area contributed by atoms with Gasteiger partial charge in [0.05, 0.1) is 14.1 Å². The van der Waals surface area contributed by atoms with Gasteiger partial charge in [-0.1, -0.05) is 32.1 Å². The van der Waals surface area contributed by atoms with Crippen LogP contribution in [0.2, 0.25) is 0 Å². The van der Waals surface area contributed by atoms with Gasteiger partial charge in [-0.15, -0.1) is 0 Å². The van der Waals surface area contributed by atoms with E-state index in [1.165, 1.54) is 28.5 Å². The molecule has 3 aliphatic carbocycles. The van der Waals surface area contributed by atoms with E-state index in [9.17, 15) is 0 Å². The molecule has 21 heavy (non-hydrogen) atoms. The normalized spacial score (nSPS) is 27.0. The predicted molar refractivity (Wildman–Crippen MR) is 97.9 cm³/mol. The maximum atomic E-state index is 2.55. The summed E-state index contributed by atoms with van der Waals surface area (Å²) in [6.45, 7) is 7.26. The molecule has 2 heteroatoms. The van der Waals surface area contributed by atoms with Crippen LogP contribution in [0.15, 0.2) is 35.9 Å². The van der Waals surface area contributed by atoms with Gasteiger partial charge in [-0.05, 0) is 70.4 Å². The molecule has 4 rings (SSSR count). The molecule has 2 atom stereocenters. The van der Waals surface area contributed by atoms with Crippen molar-refractivity contribution in [3.8, 4) is 0 Å². The average molecular weight is 396 g/mol. The van der Waals surface area contributed by atoms with E-state index in [4.69, 9.17) is 0 Å². The van der Waals surface area contributed by atoms with Crippen LogP contribution in [0, 0.1) is 20.8 Å². The first-order chi connectivity index (χ1) is 9.78. The van der Waals surface area contributed by atoms with E-state index in [-0.39, 0.29) is 0 Å². The van der Waals surface area contributed by atoms with E-state index in [0.29, 0.717) is 5.41 Å². The lowest BCUT2D eigenvalue weighted by atomic mass is 9.49. The summed E-state index contributed by atoms with van der Waals surface area (Å²) in [4.78, 5) is 0. The third kappa shape index (κ3) is 3.07. The summed E-state index contributed by atoms with van der Waals surface area (Å²) in [5, 5.41) is 0. The standard InChI is InChI=1S/C19H27IN/c1-19(2)16-8-7-15(18(19)11-16)13-21(3,4)12-14-5-9-17(20)10-6-14/h5-7,9-10,16,18H,8,11-13H2,1-4H3/q+1/t16-,18-/m0/s1. The summed E-state index contributed by atoms with van der Waals surface area (Å²) in [6.07, 6.45) is 5.29. The summed E-state index contributed by atoms with van der Waals surface area (Å²) in [6, 6.07) is 8.99. The van der Waals surface area contributed by atoms with Crippen LogP contribution in [0.3, 0.4) is 0 Å². The summed E-state index contributed by atoms with van der Waals surface area (Å²) >= 11 is 2.38. The van der Waals surface area contributed by atoms with Gasteiger partial charge in [-0.2, -0.15) is 0 Å². The Balaban J connectivity index is 1.69. The van der Waals surface area contributed by atoms with Crippen LogP contribution in [0.4, 0.5) is 0 Å². The third-order valence-electron chi connectivity index (χ3n) is 5.72. The number of rotatable bonds is 4. The number of nitrogens with zero attached hydrogens (tertiary/aromatic N) is 1. The van der Waals surface area contributed by atoms with Gasteiger partial charge in [-0.3, -0.25) is 0 Å². The fraction of sp³-hybridized carbons (Fsp3) is 0.579. The second kappa shape index (κ2) is 5.38. The number of fused-ring (bicyclic) bond motifs is 1. The maximum Gasteiger partial charge on any atom is 0.104 e. The molecule has 0 radical (unpaired) electrons. The van der Waals surface area contributed by atoms with Gasteiger partial charge in [0.25, 0.3) is 0 Å². The van der Waals surface area contributed by atoms with Gasteiger partial charge in [0.1, 0.15) is 13.1 Å². The van der Waals surface area contributed by atoms with E-state index in [1.807, 2.05) is 0 Å². The molecule has 1 aromatic rings. The highest BCUT2D eigenvalue weighted by Gasteiger charge is 2.52. The molecule has 1 saturated carbocycles. The van der Waals surface area contributed by atoms with Crippen molar-refractivity contribution < 1.29 is 4.48 Å². The van der Waals surface area contributed by atoms with Crippen molar-refractivity contribution in [3.63, 3.8) is 0 Å². The van der Waals surface area contributed by atoms with Crippen molar-refractivity contribution in [2.24, 2.45) is 17.3 Å². The molecule has 0 spiro atoms. The van der Waals surface area contributed by atoms with Crippen molar-refractivity contribution in [1.29, 1.82) is 0 Å². The van der Waals surface area contributed by atoms with E-state index in [2.05, 4.69) is 80.9 Å². The minimum Gasteiger partial charge on any atom is -0.321 e. The second-order valence-corrected chi connectivity index (χ2v) is 9.45. The maximum absolute atomic E-state index is 2.55. The van der Waals surface area contributed by atoms with Crippen LogP contribution >= 0.6 is 22.6 Å². The second-order valence-electron chi connectivity index (χ2n) is 8.20. The molecule has 0 amide bonds. The average Bonchev–Trinajstić information content (AvgIpc) is 2.40. The Morgan fingerprint density at radius 3 is 2.38 bits per heavy atom. The zero-order valence-electron chi connectivity index (χ0n) is 13.7. The minimum absolute atomic E-state index is 0.549. The largest absolute Gasteiger partial charge is 0.321 e. The number of halogens is 1. The predicted octanol–water partition coefficient (Wildman–Crippen LogP) is 4.86. The fourth-order valence-electron chi connectivity index (χ4n) is 4.29. The van der Waals surface area contributed by atoms with E-state index in [0.717, 1.165) is 22.9 Å². The first-order valence-corrected chi connectivity index (χ1v) is 9.11. The molecule has 0 aromatic heterocycles. The molecule has 0 aliphatic heterocycles. The Kier molecular flexibility index (Phi) is 3.98. The summed E-state index contributed by atoms with van der Waals surface area (Å²) in [5.41, 5.74) is 3.72. The van der Waals surface area contributed by atoms with Gasteiger partial charge >= 0.3 is 0 Å². The zero-order chi connectivity index (χ0) is 15.3. The van der Waals surface area contributed by atoms with Gasteiger partial charge < -0.3 is 4.48 Å². The lowest BCUT2D eigenvalue weighted by Crippen LogP contribution is -2.52. The van der Waals surface area contributed by atoms with Crippen LogP contribution in [0.5, 0.6) is 0 Å². The van der Waals surface area contributed by atoms with Gasteiger partial charge in [0, 0.05) is 9.13 Å². The van der Waals surface area contributed by atoms with Crippen molar-refractivity contribution in [1.82, 2.24) is 0 Å². The lowest BCUT2D eigenvalue weighted by Gasteiger charge is -2.57.